The normalized spacial score (nSPS) is 10.4. The van der Waals surface area contributed by atoms with Crippen LogP contribution in [0, 0.1) is 0 Å². The third-order valence-electron chi connectivity index (χ3n) is 2.98. The van der Waals surface area contributed by atoms with Crippen LogP contribution in [-0.2, 0) is 6.54 Å². The van der Waals surface area contributed by atoms with Gasteiger partial charge in [0.05, 0.1) is 10.9 Å². The molecule has 0 aliphatic carbocycles. The summed E-state index contributed by atoms with van der Waals surface area (Å²) in [6.45, 7) is 0.572. The van der Waals surface area contributed by atoms with Crippen molar-refractivity contribution >= 4 is 34.5 Å². The van der Waals surface area contributed by atoms with E-state index in [0.717, 1.165) is 14.9 Å². The number of nitrogens with zero attached hydrogens (tertiary/aromatic N) is 2. The van der Waals surface area contributed by atoms with Gasteiger partial charge in [-0.1, -0.05) is 17.7 Å². The zero-order valence-electron chi connectivity index (χ0n) is 11.8. The van der Waals surface area contributed by atoms with Crippen LogP contribution in [0.15, 0.2) is 36.4 Å². The predicted octanol–water partition coefficient (Wildman–Crippen LogP) is 3.74. The molecule has 20 heavy (non-hydrogen) atoms. The predicted molar refractivity (Wildman–Crippen MR) is 85.9 cm³/mol. The van der Waals surface area contributed by atoms with Gasteiger partial charge in [0.2, 0.25) is 0 Å². The van der Waals surface area contributed by atoms with Gasteiger partial charge in [-0.3, -0.25) is 4.79 Å². The smallest absolute Gasteiger partial charge is 0.253 e. The van der Waals surface area contributed by atoms with Crippen LogP contribution in [-0.4, -0.2) is 32.0 Å². The van der Waals surface area contributed by atoms with E-state index in [9.17, 15) is 4.79 Å². The monoisotopic (exact) mass is 308 g/mol. The van der Waals surface area contributed by atoms with Crippen LogP contribution in [0.5, 0.6) is 0 Å². The van der Waals surface area contributed by atoms with Gasteiger partial charge < -0.3 is 9.80 Å². The first kappa shape index (κ1) is 14.9. The average molecular weight is 309 g/mol. The maximum Gasteiger partial charge on any atom is 0.253 e. The van der Waals surface area contributed by atoms with Gasteiger partial charge in [-0.2, -0.15) is 0 Å². The first-order chi connectivity index (χ1) is 9.47. The lowest BCUT2D eigenvalue weighted by Crippen LogP contribution is -2.26. The molecular weight excluding hydrogens is 292 g/mol. The van der Waals surface area contributed by atoms with Crippen LogP contribution in [0.25, 0.3) is 0 Å². The molecule has 0 saturated carbocycles. The lowest BCUT2D eigenvalue weighted by molar-refractivity contribution is 0.0786. The number of benzene rings is 1. The Morgan fingerprint density at radius 2 is 1.95 bits per heavy atom. The van der Waals surface area contributed by atoms with Crippen LogP contribution in [0.2, 0.25) is 4.34 Å². The Bertz CT molecular complexity index is 609. The van der Waals surface area contributed by atoms with Gasteiger partial charge in [0.15, 0.2) is 0 Å². The number of rotatable bonds is 4. The zero-order valence-corrected chi connectivity index (χ0v) is 13.3. The molecule has 1 aromatic heterocycles. The molecule has 3 nitrogen and oxygen atoms in total. The fourth-order valence-electron chi connectivity index (χ4n) is 1.88. The van der Waals surface area contributed by atoms with Crippen LogP contribution in [0.3, 0.4) is 0 Å². The van der Waals surface area contributed by atoms with Crippen molar-refractivity contribution in [2.24, 2.45) is 0 Å². The summed E-state index contributed by atoms with van der Waals surface area (Å²) < 4.78 is 0.746. The van der Waals surface area contributed by atoms with E-state index >= 15 is 0 Å². The fraction of sp³-hybridized carbons (Fsp3) is 0.267. The van der Waals surface area contributed by atoms with Crippen molar-refractivity contribution in [2.75, 3.05) is 26.0 Å². The molecular formula is C15H17ClN2OS. The lowest BCUT2D eigenvalue weighted by Gasteiger charge is -2.18. The second-order valence-corrected chi connectivity index (χ2v) is 6.61. The third-order valence-corrected chi connectivity index (χ3v) is 4.19. The first-order valence-electron chi connectivity index (χ1n) is 6.24. The highest BCUT2D eigenvalue weighted by atomic mass is 35.5. The van der Waals surface area contributed by atoms with E-state index in [1.165, 1.54) is 11.3 Å². The van der Waals surface area contributed by atoms with E-state index < -0.39 is 0 Å². The molecule has 2 aromatic rings. The SMILES string of the molecule is CN(Cc1ccc(Cl)s1)C(=O)c1cccc(N(C)C)c1. The maximum atomic E-state index is 12.4. The Morgan fingerprint density at radius 1 is 1.20 bits per heavy atom. The van der Waals surface area contributed by atoms with Crippen molar-refractivity contribution in [3.8, 4) is 0 Å². The summed E-state index contributed by atoms with van der Waals surface area (Å²) in [6, 6.07) is 11.4. The summed E-state index contributed by atoms with van der Waals surface area (Å²) in [5.41, 5.74) is 1.71. The molecule has 0 spiro atoms. The van der Waals surface area contributed by atoms with Gasteiger partial charge >= 0.3 is 0 Å². The average Bonchev–Trinajstić information content (AvgIpc) is 2.83. The number of thiophene rings is 1. The van der Waals surface area contributed by atoms with Crippen molar-refractivity contribution < 1.29 is 4.79 Å². The summed E-state index contributed by atoms with van der Waals surface area (Å²) in [4.78, 5) is 17.2. The van der Waals surface area contributed by atoms with Gasteiger partial charge in [0, 0.05) is 37.3 Å². The molecule has 0 radical (unpaired) electrons. The van der Waals surface area contributed by atoms with Gasteiger partial charge in [-0.05, 0) is 30.3 Å². The third kappa shape index (κ3) is 3.52. The number of hydrogen-bond acceptors (Lipinski definition) is 3. The molecule has 0 atom stereocenters. The molecule has 2 rings (SSSR count). The van der Waals surface area contributed by atoms with Gasteiger partial charge in [-0.15, -0.1) is 11.3 Å². The highest BCUT2D eigenvalue weighted by molar-refractivity contribution is 7.16. The van der Waals surface area contributed by atoms with E-state index in [-0.39, 0.29) is 5.91 Å². The van der Waals surface area contributed by atoms with Crippen LogP contribution >= 0.6 is 22.9 Å². The van der Waals surface area contributed by atoms with Crippen molar-refractivity contribution in [2.45, 2.75) is 6.54 Å². The molecule has 1 amide bonds. The molecule has 1 heterocycles. The number of halogens is 1. The number of carbonyl (C=O) groups is 1. The quantitative estimate of drug-likeness (QED) is 0.859. The van der Waals surface area contributed by atoms with E-state index in [1.807, 2.05) is 55.4 Å². The largest absolute Gasteiger partial charge is 0.378 e. The minimum Gasteiger partial charge on any atom is -0.378 e. The first-order valence-corrected chi connectivity index (χ1v) is 7.44. The van der Waals surface area contributed by atoms with Crippen LogP contribution in [0.4, 0.5) is 5.69 Å². The number of carbonyl (C=O) groups excluding carboxylic acids is 1. The van der Waals surface area contributed by atoms with Gasteiger partial charge in [-0.25, -0.2) is 0 Å². The molecule has 0 saturated heterocycles. The minimum absolute atomic E-state index is 0.0122. The highest BCUT2D eigenvalue weighted by Gasteiger charge is 2.13. The molecule has 5 heteroatoms. The Kier molecular flexibility index (Phi) is 4.68. The van der Waals surface area contributed by atoms with Crippen LogP contribution in [0.1, 0.15) is 15.2 Å². The zero-order chi connectivity index (χ0) is 14.7. The molecule has 0 bridgehead atoms. The molecule has 0 unspecified atom stereocenters. The topological polar surface area (TPSA) is 23.6 Å². The van der Waals surface area contributed by atoms with Crippen LogP contribution < -0.4 is 4.90 Å². The second-order valence-electron chi connectivity index (χ2n) is 4.81. The summed E-state index contributed by atoms with van der Waals surface area (Å²) in [7, 11) is 5.72. The fourth-order valence-corrected chi connectivity index (χ4v) is 3.02. The highest BCUT2D eigenvalue weighted by Crippen LogP contribution is 2.23. The Labute approximate surface area is 128 Å². The number of anilines is 1. The second kappa shape index (κ2) is 6.29. The summed E-state index contributed by atoms with van der Waals surface area (Å²) in [5, 5.41) is 0. The molecule has 0 fully saturated rings. The minimum atomic E-state index is 0.0122. The lowest BCUT2D eigenvalue weighted by atomic mass is 10.1. The summed E-state index contributed by atoms with van der Waals surface area (Å²) >= 11 is 7.41. The number of amides is 1. The van der Waals surface area contributed by atoms with E-state index in [2.05, 4.69) is 0 Å². The van der Waals surface area contributed by atoms with Gasteiger partial charge in [0.1, 0.15) is 0 Å². The van der Waals surface area contributed by atoms with E-state index in [4.69, 9.17) is 11.6 Å². The van der Waals surface area contributed by atoms with Crippen molar-refractivity contribution in [3.05, 3.63) is 51.2 Å². The Balaban J connectivity index is 2.12. The summed E-state index contributed by atoms with van der Waals surface area (Å²) in [6.07, 6.45) is 0. The van der Waals surface area contributed by atoms with Crippen molar-refractivity contribution in [1.29, 1.82) is 0 Å². The van der Waals surface area contributed by atoms with E-state index in [1.54, 1.807) is 11.9 Å². The van der Waals surface area contributed by atoms with Gasteiger partial charge in [0.25, 0.3) is 5.91 Å². The molecule has 0 aliphatic rings. The molecule has 0 N–H and O–H groups in total. The molecule has 0 aliphatic heterocycles. The number of hydrogen-bond donors (Lipinski definition) is 0. The standard InChI is InChI=1S/C15H17ClN2OS/c1-17(2)12-6-4-5-11(9-12)15(19)18(3)10-13-7-8-14(16)20-13/h4-9H,10H2,1-3H3. The van der Waals surface area contributed by atoms with E-state index in [0.29, 0.717) is 12.1 Å². The molecule has 106 valence electrons. The maximum absolute atomic E-state index is 12.4. The van der Waals surface area contributed by atoms with Crippen molar-refractivity contribution in [1.82, 2.24) is 4.90 Å². The Morgan fingerprint density at radius 3 is 2.55 bits per heavy atom. The Hall–Kier alpha value is -1.52. The summed E-state index contributed by atoms with van der Waals surface area (Å²) in [5.74, 6) is 0.0122. The molecule has 1 aromatic carbocycles. The van der Waals surface area contributed by atoms with Crippen molar-refractivity contribution in [3.63, 3.8) is 0 Å².